The molecule has 1 aromatic heterocycles. The van der Waals surface area contributed by atoms with Crippen LogP contribution in [0.2, 0.25) is 0 Å². The number of nitrogens with one attached hydrogen (secondary N) is 2. The van der Waals surface area contributed by atoms with Gasteiger partial charge in [-0.1, -0.05) is 0 Å². The van der Waals surface area contributed by atoms with Crippen molar-refractivity contribution in [1.82, 2.24) is 15.5 Å². The first-order chi connectivity index (χ1) is 8.33. The quantitative estimate of drug-likeness (QED) is 0.831. The van der Waals surface area contributed by atoms with E-state index in [-0.39, 0.29) is 0 Å². The molecule has 0 saturated carbocycles. The Kier molecular flexibility index (Phi) is 2.73. The molecule has 1 atom stereocenters. The predicted molar refractivity (Wildman–Crippen MR) is 67.4 cm³/mol. The number of benzene rings is 1. The van der Waals surface area contributed by atoms with Gasteiger partial charge in [-0.2, -0.15) is 5.10 Å². The van der Waals surface area contributed by atoms with Crippen molar-refractivity contribution in [2.75, 3.05) is 13.1 Å². The van der Waals surface area contributed by atoms with E-state index in [2.05, 4.69) is 21.6 Å². The second-order valence-corrected chi connectivity index (χ2v) is 4.61. The zero-order valence-electron chi connectivity index (χ0n) is 9.99. The fraction of sp³-hybridized carbons (Fsp3) is 0.462. The standard InChI is InChI=1S/C13H17N3O/c1-9-12-7-10(4-5-13(12)16-15-9)17-11-3-2-6-14-8-11/h4-5,7,11,14H,2-3,6,8H2,1H3,(H,15,16). The highest BCUT2D eigenvalue weighted by molar-refractivity contribution is 5.82. The number of hydrogen-bond donors (Lipinski definition) is 2. The van der Waals surface area contributed by atoms with E-state index in [9.17, 15) is 0 Å². The van der Waals surface area contributed by atoms with Gasteiger partial charge in [0.1, 0.15) is 11.9 Å². The molecule has 4 nitrogen and oxygen atoms in total. The third-order valence-electron chi connectivity index (χ3n) is 3.27. The van der Waals surface area contributed by atoms with Crippen LogP contribution in [0.5, 0.6) is 5.75 Å². The van der Waals surface area contributed by atoms with Crippen molar-refractivity contribution in [3.63, 3.8) is 0 Å². The van der Waals surface area contributed by atoms with Crippen molar-refractivity contribution < 1.29 is 4.74 Å². The van der Waals surface area contributed by atoms with Crippen LogP contribution in [0, 0.1) is 6.92 Å². The highest BCUT2D eigenvalue weighted by Gasteiger charge is 2.14. The summed E-state index contributed by atoms with van der Waals surface area (Å²) < 4.78 is 5.98. The summed E-state index contributed by atoms with van der Waals surface area (Å²) in [7, 11) is 0. The fourth-order valence-electron chi connectivity index (χ4n) is 2.30. The lowest BCUT2D eigenvalue weighted by atomic mass is 10.1. The van der Waals surface area contributed by atoms with Gasteiger partial charge in [0.25, 0.3) is 0 Å². The highest BCUT2D eigenvalue weighted by Crippen LogP contribution is 2.23. The van der Waals surface area contributed by atoms with Gasteiger partial charge >= 0.3 is 0 Å². The summed E-state index contributed by atoms with van der Waals surface area (Å²) in [6, 6.07) is 6.07. The molecule has 1 saturated heterocycles. The Hall–Kier alpha value is -1.55. The largest absolute Gasteiger partial charge is 0.489 e. The van der Waals surface area contributed by atoms with Crippen molar-refractivity contribution in [1.29, 1.82) is 0 Å². The third-order valence-corrected chi connectivity index (χ3v) is 3.27. The molecule has 1 aromatic carbocycles. The van der Waals surface area contributed by atoms with Crippen LogP contribution < -0.4 is 10.1 Å². The second-order valence-electron chi connectivity index (χ2n) is 4.61. The first-order valence-corrected chi connectivity index (χ1v) is 6.15. The number of rotatable bonds is 2. The van der Waals surface area contributed by atoms with Crippen LogP contribution in [-0.4, -0.2) is 29.4 Å². The molecule has 1 aliphatic heterocycles. The molecule has 2 N–H and O–H groups in total. The Morgan fingerprint density at radius 3 is 3.18 bits per heavy atom. The zero-order chi connectivity index (χ0) is 11.7. The molecule has 2 aromatic rings. The van der Waals surface area contributed by atoms with Crippen molar-refractivity contribution >= 4 is 10.9 Å². The molecule has 0 spiro atoms. The third kappa shape index (κ3) is 2.13. The number of nitrogens with zero attached hydrogens (tertiary/aromatic N) is 1. The number of aromatic amines is 1. The lowest BCUT2D eigenvalue weighted by molar-refractivity contribution is 0.167. The van der Waals surface area contributed by atoms with Crippen LogP contribution in [-0.2, 0) is 0 Å². The van der Waals surface area contributed by atoms with Crippen molar-refractivity contribution in [2.24, 2.45) is 0 Å². The molecule has 1 aliphatic rings. The lowest BCUT2D eigenvalue weighted by Gasteiger charge is -2.23. The van der Waals surface area contributed by atoms with Gasteiger partial charge in [0.05, 0.1) is 5.52 Å². The number of H-pyrrole nitrogens is 1. The van der Waals surface area contributed by atoms with E-state index in [1.807, 2.05) is 19.1 Å². The lowest BCUT2D eigenvalue weighted by Crippen LogP contribution is -2.37. The van der Waals surface area contributed by atoms with E-state index in [0.717, 1.165) is 41.9 Å². The SMILES string of the molecule is Cc1[nH]nc2ccc(OC3CCCNC3)cc12. The molecule has 4 heteroatoms. The first-order valence-electron chi connectivity index (χ1n) is 6.15. The summed E-state index contributed by atoms with van der Waals surface area (Å²) in [6.07, 6.45) is 2.63. The molecule has 0 radical (unpaired) electrons. The van der Waals surface area contributed by atoms with Crippen LogP contribution in [0.3, 0.4) is 0 Å². The minimum atomic E-state index is 0.299. The molecule has 0 bridgehead atoms. The smallest absolute Gasteiger partial charge is 0.120 e. The maximum absolute atomic E-state index is 5.98. The van der Waals surface area contributed by atoms with Gasteiger partial charge in [-0.05, 0) is 44.5 Å². The minimum absolute atomic E-state index is 0.299. The van der Waals surface area contributed by atoms with Gasteiger partial charge in [0.15, 0.2) is 0 Å². The van der Waals surface area contributed by atoms with Crippen LogP contribution in [0.25, 0.3) is 10.9 Å². The van der Waals surface area contributed by atoms with Gasteiger partial charge in [0.2, 0.25) is 0 Å². The van der Waals surface area contributed by atoms with Crippen LogP contribution in [0.1, 0.15) is 18.5 Å². The molecule has 17 heavy (non-hydrogen) atoms. The second kappa shape index (κ2) is 4.37. The van der Waals surface area contributed by atoms with Crippen LogP contribution in [0.15, 0.2) is 18.2 Å². The number of hydrogen-bond acceptors (Lipinski definition) is 3. The molecular formula is C13H17N3O. The molecule has 90 valence electrons. The zero-order valence-corrected chi connectivity index (χ0v) is 9.99. The number of ether oxygens (including phenoxy) is 1. The van der Waals surface area contributed by atoms with E-state index in [1.165, 1.54) is 6.42 Å². The Morgan fingerprint density at radius 1 is 1.41 bits per heavy atom. The average Bonchev–Trinajstić information content (AvgIpc) is 2.73. The van der Waals surface area contributed by atoms with E-state index >= 15 is 0 Å². The number of aryl methyl sites for hydroxylation is 1. The van der Waals surface area contributed by atoms with Gasteiger partial charge in [-0.25, -0.2) is 0 Å². The van der Waals surface area contributed by atoms with Gasteiger partial charge in [0, 0.05) is 17.6 Å². The molecule has 3 rings (SSSR count). The molecule has 0 aliphatic carbocycles. The number of piperidine rings is 1. The van der Waals surface area contributed by atoms with Gasteiger partial charge in [-0.15, -0.1) is 0 Å². The van der Waals surface area contributed by atoms with Crippen molar-refractivity contribution in [3.8, 4) is 5.75 Å². The summed E-state index contributed by atoms with van der Waals surface area (Å²) in [6.45, 7) is 4.09. The van der Waals surface area contributed by atoms with E-state index in [1.54, 1.807) is 0 Å². The summed E-state index contributed by atoms with van der Waals surface area (Å²) in [4.78, 5) is 0. The Balaban J connectivity index is 1.82. The van der Waals surface area contributed by atoms with E-state index in [4.69, 9.17) is 4.74 Å². The molecule has 2 heterocycles. The fourth-order valence-corrected chi connectivity index (χ4v) is 2.30. The summed E-state index contributed by atoms with van der Waals surface area (Å²) in [5.74, 6) is 0.940. The Bertz CT molecular complexity index is 514. The molecule has 1 unspecified atom stereocenters. The Labute approximate surface area is 100 Å². The van der Waals surface area contributed by atoms with E-state index in [0.29, 0.717) is 6.10 Å². The maximum Gasteiger partial charge on any atom is 0.120 e. The average molecular weight is 231 g/mol. The minimum Gasteiger partial charge on any atom is -0.489 e. The highest BCUT2D eigenvalue weighted by atomic mass is 16.5. The van der Waals surface area contributed by atoms with Crippen LogP contribution >= 0.6 is 0 Å². The molecule has 1 fully saturated rings. The maximum atomic E-state index is 5.98. The number of fused-ring (bicyclic) bond motifs is 1. The van der Waals surface area contributed by atoms with Gasteiger partial charge in [-0.3, -0.25) is 5.10 Å². The van der Waals surface area contributed by atoms with Crippen molar-refractivity contribution in [3.05, 3.63) is 23.9 Å². The summed E-state index contributed by atoms with van der Waals surface area (Å²) in [5, 5.41) is 11.7. The van der Waals surface area contributed by atoms with Gasteiger partial charge < -0.3 is 10.1 Å². The summed E-state index contributed by atoms with van der Waals surface area (Å²) >= 11 is 0. The number of aromatic nitrogens is 2. The molecule has 0 amide bonds. The normalized spacial score (nSPS) is 20.6. The van der Waals surface area contributed by atoms with E-state index < -0.39 is 0 Å². The first kappa shape index (κ1) is 10.6. The molecular weight excluding hydrogens is 214 g/mol. The van der Waals surface area contributed by atoms with Crippen molar-refractivity contribution in [2.45, 2.75) is 25.9 Å². The predicted octanol–water partition coefficient (Wildman–Crippen LogP) is 2.00. The topological polar surface area (TPSA) is 49.9 Å². The summed E-state index contributed by atoms with van der Waals surface area (Å²) in [5.41, 5.74) is 2.09. The Morgan fingerprint density at radius 2 is 2.35 bits per heavy atom. The van der Waals surface area contributed by atoms with Crippen LogP contribution in [0.4, 0.5) is 0 Å². The monoisotopic (exact) mass is 231 g/mol.